The molecule has 4 rings (SSSR count). The molecular weight excluding hydrogens is 439 g/mol. The van der Waals surface area contributed by atoms with Gasteiger partial charge >= 0.3 is 0 Å². The van der Waals surface area contributed by atoms with Gasteiger partial charge in [-0.05, 0) is 76.8 Å². The van der Waals surface area contributed by atoms with E-state index in [4.69, 9.17) is 33.7 Å². The number of hydrogen-bond acceptors (Lipinski definition) is 3. The van der Waals surface area contributed by atoms with Crippen LogP contribution in [-0.2, 0) is 4.74 Å². The van der Waals surface area contributed by atoms with Crippen molar-refractivity contribution in [1.29, 1.82) is 5.26 Å². The predicted molar refractivity (Wildman–Crippen MR) is 131 cm³/mol. The summed E-state index contributed by atoms with van der Waals surface area (Å²) >= 11 is 12.2. The fourth-order valence-electron chi connectivity index (χ4n) is 4.50. The third kappa shape index (κ3) is 4.44. The molecule has 2 N–H and O–H groups in total. The quantitative estimate of drug-likeness (QED) is 0.497. The molecule has 0 radical (unpaired) electrons. The number of nitriles is 1. The molecule has 0 aromatic heterocycles. The summed E-state index contributed by atoms with van der Waals surface area (Å²) in [6.45, 7) is 6.79. The van der Waals surface area contributed by atoms with Crippen molar-refractivity contribution in [3.05, 3.63) is 98.1 Å². The summed E-state index contributed by atoms with van der Waals surface area (Å²) in [5, 5.41) is 11.3. The van der Waals surface area contributed by atoms with Crippen LogP contribution < -0.4 is 5.73 Å². The van der Waals surface area contributed by atoms with Crippen molar-refractivity contribution in [1.82, 2.24) is 0 Å². The summed E-state index contributed by atoms with van der Waals surface area (Å²) in [5.74, 6) is 1.09. The van der Waals surface area contributed by atoms with E-state index in [9.17, 15) is 5.26 Å². The van der Waals surface area contributed by atoms with E-state index in [2.05, 4.69) is 32.9 Å². The maximum Gasteiger partial charge on any atom is 0.205 e. The standard InChI is InChI=1S/C27H26Cl2N2O/c1-27(2,3)19-13-18(12-16-4-8-20(28)9-5-16)25-22(14-19)24(23(15-30)26(31)32-25)17-6-10-21(29)11-7-17/h4-12,19,24H,13-14,31H2,1-3H3/b18-12+/t19-,24+/m1/s1. The van der Waals surface area contributed by atoms with E-state index in [1.165, 1.54) is 0 Å². The van der Waals surface area contributed by atoms with Crippen molar-refractivity contribution in [2.75, 3.05) is 0 Å². The monoisotopic (exact) mass is 464 g/mol. The summed E-state index contributed by atoms with van der Waals surface area (Å²) in [5.41, 5.74) is 11.0. The van der Waals surface area contributed by atoms with Gasteiger partial charge in [-0.3, -0.25) is 0 Å². The zero-order valence-electron chi connectivity index (χ0n) is 18.5. The molecule has 0 saturated heterocycles. The van der Waals surface area contributed by atoms with E-state index in [1.807, 2.05) is 48.5 Å². The van der Waals surface area contributed by atoms with E-state index < -0.39 is 0 Å². The van der Waals surface area contributed by atoms with Gasteiger partial charge in [0.1, 0.15) is 17.4 Å². The SMILES string of the molecule is CC(C)(C)[C@H]1CC2=C(OC(N)=C(C#N)[C@H]2c2ccc(Cl)cc2)/C(=C/c2ccc(Cl)cc2)C1. The van der Waals surface area contributed by atoms with Crippen molar-refractivity contribution in [3.63, 3.8) is 0 Å². The van der Waals surface area contributed by atoms with Crippen molar-refractivity contribution in [2.45, 2.75) is 39.5 Å². The number of halogens is 2. The lowest BCUT2D eigenvalue weighted by Gasteiger charge is -2.41. The Labute approximate surface area is 199 Å². The van der Waals surface area contributed by atoms with Crippen LogP contribution in [0.5, 0.6) is 0 Å². The normalized spacial score (nSPS) is 22.4. The molecule has 0 bridgehead atoms. The Morgan fingerprint density at radius 2 is 1.59 bits per heavy atom. The van der Waals surface area contributed by atoms with Crippen molar-refractivity contribution in [2.24, 2.45) is 17.1 Å². The van der Waals surface area contributed by atoms with Crippen molar-refractivity contribution in [3.8, 4) is 6.07 Å². The summed E-state index contributed by atoms with van der Waals surface area (Å²) in [6, 6.07) is 17.7. The van der Waals surface area contributed by atoms with E-state index in [-0.39, 0.29) is 17.2 Å². The topological polar surface area (TPSA) is 59.0 Å². The minimum atomic E-state index is -0.250. The predicted octanol–water partition coefficient (Wildman–Crippen LogP) is 7.59. The van der Waals surface area contributed by atoms with Gasteiger partial charge in [-0.15, -0.1) is 0 Å². The summed E-state index contributed by atoms with van der Waals surface area (Å²) in [6.07, 6.45) is 3.85. The highest BCUT2D eigenvalue weighted by Crippen LogP contribution is 2.51. The third-order valence-corrected chi connectivity index (χ3v) is 6.89. The van der Waals surface area contributed by atoms with Crippen molar-refractivity contribution >= 4 is 29.3 Å². The number of rotatable bonds is 2. The van der Waals surface area contributed by atoms with E-state index in [1.54, 1.807) is 0 Å². The molecular formula is C27H26Cl2N2O. The Bertz CT molecular complexity index is 1160. The van der Waals surface area contributed by atoms with Gasteiger partial charge in [0.15, 0.2) is 0 Å². The Hall–Kier alpha value is -2.67. The molecule has 0 fully saturated rings. The fraction of sp³-hybridized carbons (Fsp3) is 0.296. The molecule has 2 aromatic carbocycles. The molecule has 0 spiro atoms. The molecule has 32 heavy (non-hydrogen) atoms. The van der Waals surface area contributed by atoms with Gasteiger partial charge in [-0.1, -0.05) is 68.2 Å². The molecule has 164 valence electrons. The Kier molecular flexibility index (Phi) is 6.12. The molecule has 3 nitrogen and oxygen atoms in total. The van der Waals surface area contributed by atoms with Crippen LogP contribution >= 0.6 is 23.2 Å². The maximum absolute atomic E-state index is 9.95. The van der Waals surface area contributed by atoms with Gasteiger partial charge in [0.25, 0.3) is 0 Å². The first-order valence-electron chi connectivity index (χ1n) is 10.7. The maximum atomic E-state index is 9.95. The second kappa shape index (κ2) is 8.70. The van der Waals surface area contributed by atoms with Gasteiger partial charge < -0.3 is 10.5 Å². The lowest BCUT2D eigenvalue weighted by atomic mass is 9.66. The molecule has 0 amide bonds. The van der Waals surface area contributed by atoms with Crippen LogP contribution in [0.15, 0.2) is 76.9 Å². The Morgan fingerprint density at radius 1 is 1.00 bits per heavy atom. The van der Waals surface area contributed by atoms with Crippen LogP contribution in [-0.4, -0.2) is 0 Å². The molecule has 1 aliphatic carbocycles. The number of nitrogens with two attached hydrogens (primary N) is 1. The average Bonchev–Trinajstić information content (AvgIpc) is 2.74. The highest BCUT2D eigenvalue weighted by atomic mass is 35.5. The number of allylic oxidation sites excluding steroid dienone is 3. The molecule has 1 heterocycles. The van der Waals surface area contributed by atoms with Gasteiger partial charge in [0.05, 0.1) is 0 Å². The second-order valence-electron chi connectivity index (χ2n) is 9.52. The first-order chi connectivity index (χ1) is 15.2. The Morgan fingerprint density at radius 3 is 2.16 bits per heavy atom. The van der Waals surface area contributed by atoms with Gasteiger partial charge in [0, 0.05) is 16.0 Å². The van der Waals surface area contributed by atoms with E-state index in [0.717, 1.165) is 40.9 Å². The smallest absolute Gasteiger partial charge is 0.205 e. The largest absolute Gasteiger partial charge is 0.440 e. The molecule has 1 aliphatic heterocycles. The highest BCUT2D eigenvalue weighted by molar-refractivity contribution is 6.30. The summed E-state index contributed by atoms with van der Waals surface area (Å²) in [7, 11) is 0. The van der Waals surface area contributed by atoms with Crippen LogP contribution in [0.25, 0.3) is 6.08 Å². The first-order valence-corrected chi connectivity index (χ1v) is 11.5. The second-order valence-corrected chi connectivity index (χ2v) is 10.4. The lowest BCUT2D eigenvalue weighted by molar-refractivity contribution is 0.200. The minimum absolute atomic E-state index is 0.0850. The summed E-state index contributed by atoms with van der Waals surface area (Å²) in [4.78, 5) is 0. The molecule has 2 aliphatic rings. The zero-order valence-corrected chi connectivity index (χ0v) is 20.0. The lowest BCUT2D eigenvalue weighted by Crippen LogP contribution is -2.31. The van der Waals surface area contributed by atoms with Crippen molar-refractivity contribution < 1.29 is 4.74 Å². The van der Waals surface area contributed by atoms with Crippen LogP contribution in [0.2, 0.25) is 10.0 Å². The van der Waals surface area contributed by atoms with E-state index >= 15 is 0 Å². The minimum Gasteiger partial charge on any atom is -0.440 e. The van der Waals surface area contributed by atoms with Crippen LogP contribution in [0, 0.1) is 22.7 Å². The fourth-order valence-corrected chi connectivity index (χ4v) is 4.75. The average molecular weight is 465 g/mol. The van der Waals surface area contributed by atoms with Crippen LogP contribution in [0.3, 0.4) is 0 Å². The first kappa shape index (κ1) is 22.5. The molecule has 5 heteroatoms. The highest BCUT2D eigenvalue weighted by Gasteiger charge is 2.41. The zero-order chi connectivity index (χ0) is 23.0. The third-order valence-electron chi connectivity index (χ3n) is 6.39. The molecule has 0 saturated carbocycles. The molecule has 0 unspecified atom stereocenters. The van der Waals surface area contributed by atoms with E-state index in [0.29, 0.717) is 21.5 Å². The molecule has 2 atom stereocenters. The van der Waals surface area contributed by atoms with Crippen LogP contribution in [0.1, 0.15) is 50.7 Å². The van der Waals surface area contributed by atoms with Gasteiger partial charge in [-0.2, -0.15) is 5.26 Å². The number of ether oxygens (including phenoxy) is 1. The summed E-state index contributed by atoms with van der Waals surface area (Å²) < 4.78 is 6.13. The van der Waals surface area contributed by atoms with Gasteiger partial charge in [0.2, 0.25) is 5.88 Å². The van der Waals surface area contributed by atoms with Crippen LogP contribution in [0.4, 0.5) is 0 Å². The Balaban J connectivity index is 1.89. The molecule has 2 aromatic rings. The number of hydrogen-bond donors (Lipinski definition) is 1. The number of benzene rings is 2. The van der Waals surface area contributed by atoms with Gasteiger partial charge in [-0.25, -0.2) is 0 Å². The number of nitrogens with zero attached hydrogens (tertiary/aromatic N) is 1.